The molecule has 0 aliphatic rings. The van der Waals surface area contributed by atoms with Crippen molar-refractivity contribution in [1.82, 2.24) is 5.32 Å². The Morgan fingerprint density at radius 2 is 1.61 bits per heavy atom. The molecule has 2 N–H and O–H groups in total. The molecule has 0 radical (unpaired) electrons. The minimum absolute atomic E-state index is 0.266. The van der Waals surface area contributed by atoms with Crippen LogP contribution in [-0.2, 0) is 16.1 Å². The van der Waals surface area contributed by atoms with Crippen LogP contribution in [0.3, 0.4) is 0 Å². The lowest BCUT2D eigenvalue weighted by Gasteiger charge is -2.13. The fourth-order valence-electron chi connectivity index (χ4n) is 2.26. The smallest absolute Gasteiger partial charge is 0.313 e. The SMILES string of the molecule is Cc1ccc(CNC(=O)C(=O)Nc2ccccc2C(C)C)cc1. The standard InChI is InChI=1S/C19H22N2O2/c1-13(2)16-6-4-5-7-17(16)21-19(23)18(22)20-12-15-10-8-14(3)9-11-15/h4-11,13H,12H2,1-3H3,(H,20,22)(H,21,23). The summed E-state index contributed by atoms with van der Waals surface area (Å²) in [5.74, 6) is -1.02. The molecule has 0 aliphatic heterocycles. The molecule has 0 unspecified atom stereocenters. The van der Waals surface area contributed by atoms with Gasteiger partial charge in [0.1, 0.15) is 0 Å². The molecule has 0 heterocycles. The highest BCUT2D eigenvalue weighted by Gasteiger charge is 2.15. The van der Waals surface area contributed by atoms with Crippen molar-refractivity contribution < 1.29 is 9.59 Å². The summed E-state index contributed by atoms with van der Waals surface area (Å²) < 4.78 is 0. The lowest BCUT2D eigenvalue weighted by molar-refractivity contribution is -0.136. The summed E-state index contributed by atoms with van der Waals surface area (Å²) >= 11 is 0. The van der Waals surface area contributed by atoms with Crippen molar-refractivity contribution in [2.75, 3.05) is 5.32 Å². The Balaban J connectivity index is 1.95. The van der Waals surface area contributed by atoms with Gasteiger partial charge < -0.3 is 10.6 Å². The number of anilines is 1. The second-order valence-electron chi connectivity index (χ2n) is 5.86. The average Bonchev–Trinajstić information content (AvgIpc) is 2.54. The molecule has 0 fully saturated rings. The van der Waals surface area contributed by atoms with Gasteiger partial charge in [0.2, 0.25) is 0 Å². The van der Waals surface area contributed by atoms with E-state index in [2.05, 4.69) is 10.6 Å². The van der Waals surface area contributed by atoms with Gasteiger partial charge in [-0.25, -0.2) is 0 Å². The van der Waals surface area contributed by atoms with E-state index < -0.39 is 11.8 Å². The van der Waals surface area contributed by atoms with Gasteiger partial charge in [-0.15, -0.1) is 0 Å². The first-order chi connectivity index (χ1) is 11.0. The van der Waals surface area contributed by atoms with Gasteiger partial charge in [0.15, 0.2) is 0 Å². The Morgan fingerprint density at radius 3 is 2.26 bits per heavy atom. The first-order valence-corrected chi connectivity index (χ1v) is 7.71. The van der Waals surface area contributed by atoms with Gasteiger partial charge in [-0.2, -0.15) is 0 Å². The van der Waals surface area contributed by atoms with Crippen LogP contribution in [0.1, 0.15) is 36.5 Å². The van der Waals surface area contributed by atoms with Crippen molar-refractivity contribution in [1.29, 1.82) is 0 Å². The third-order valence-electron chi connectivity index (χ3n) is 3.61. The summed E-state index contributed by atoms with van der Waals surface area (Å²) in [4.78, 5) is 24.0. The van der Waals surface area contributed by atoms with Crippen molar-refractivity contribution in [3.8, 4) is 0 Å². The van der Waals surface area contributed by atoms with E-state index in [9.17, 15) is 9.59 Å². The number of rotatable bonds is 4. The van der Waals surface area contributed by atoms with Crippen molar-refractivity contribution in [2.24, 2.45) is 0 Å². The first kappa shape index (κ1) is 16.7. The molecule has 4 heteroatoms. The zero-order valence-electron chi connectivity index (χ0n) is 13.7. The summed E-state index contributed by atoms with van der Waals surface area (Å²) in [6.07, 6.45) is 0. The molecule has 0 bridgehead atoms. The van der Waals surface area contributed by atoms with Crippen LogP contribution in [0.15, 0.2) is 48.5 Å². The molecule has 0 spiro atoms. The van der Waals surface area contributed by atoms with Crippen LogP contribution in [0.5, 0.6) is 0 Å². The molecule has 2 aromatic rings. The van der Waals surface area contributed by atoms with Gasteiger partial charge >= 0.3 is 11.8 Å². The van der Waals surface area contributed by atoms with Crippen molar-refractivity contribution in [2.45, 2.75) is 33.2 Å². The Labute approximate surface area is 136 Å². The van der Waals surface area contributed by atoms with Gasteiger partial charge in [0.25, 0.3) is 0 Å². The summed E-state index contributed by atoms with van der Waals surface area (Å²) in [6.45, 7) is 6.42. The molecule has 0 aromatic heterocycles. The monoisotopic (exact) mass is 310 g/mol. The molecule has 4 nitrogen and oxygen atoms in total. The minimum atomic E-state index is -0.648. The number of hydrogen-bond acceptors (Lipinski definition) is 2. The Hall–Kier alpha value is -2.62. The van der Waals surface area contributed by atoms with Crippen LogP contribution < -0.4 is 10.6 Å². The molecule has 0 atom stereocenters. The van der Waals surface area contributed by atoms with Crippen LogP contribution in [0.4, 0.5) is 5.69 Å². The Bertz CT molecular complexity index is 691. The van der Waals surface area contributed by atoms with E-state index in [1.807, 2.05) is 63.2 Å². The van der Waals surface area contributed by atoms with E-state index in [1.54, 1.807) is 6.07 Å². The molecule has 2 aromatic carbocycles. The zero-order chi connectivity index (χ0) is 16.8. The molecule has 0 saturated heterocycles. The number of carbonyl (C=O) groups is 2. The van der Waals surface area contributed by atoms with E-state index >= 15 is 0 Å². The number of amides is 2. The van der Waals surface area contributed by atoms with Gasteiger partial charge in [0.05, 0.1) is 0 Å². The summed E-state index contributed by atoms with van der Waals surface area (Å²) in [5, 5.41) is 5.32. The fourth-order valence-corrected chi connectivity index (χ4v) is 2.26. The first-order valence-electron chi connectivity index (χ1n) is 7.71. The average molecular weight is 310 g/mol. The molecule has 2 amide bonds. The highest BCUT2D eigenvalue weighted by Crippen LogP contribution is 2.23. The molecule has 23 heavy (non-hydrogen) atoms. The molecule has 120 valence electrons. The van der Waals surface area contributed by atoms with E-state index in [0.717, 1.165) is 16.7 Å². The third-order valence-corrected chi connectivity index (χ3v) is 3.61. The highest BCUT2D eigenvalue weighted by molar-refractivity contribution is 6.39. The molecule has 2 rings (SSSR count). The predicted molar refractivity (Wildman–Crippen MR) is 92.2 cm³/mol. The van der Waals surface area contributed by atoms with Crippen molar-refractivity contribution in [3.63, 3.8) is 0 Å². The number of benzene rings is 2. The van der Waals surface area contributed by atoms with Crippen LogP contribution in [0.25, 0.3) is 0 Å². The van der Waals surface area contributed by atoms with Gasteiger partial charge in [-0.05, 0) is 30.0 Å². The van der Waals surface area contributed by atoms with E-state index in [4.69, 9.17) is 0 Å². The molecular formula is C19H22N2O2. The topological polar surface area (TPSA) is 58.2 Å². The van der Waals surface area contributed by atoms with Crippen molar-refractivity contribution >= 4 is 17.5 Å². The number of carbonyl (C=O) groups excluding carboxylic acids is 2. The normalized spacial score (nSPS) is 10.4. The highest BCUT2D eigenvalue weighted by atomic mass is 16.2. The maximum absolute atomic E-state index is 12.0. The summed E-state index contributed by atoms with van der Waals surface area (Å²) in [7, 11) is 0. The van der Waals surface area contributed by atoms with Crippen LogP contribution >= 0.6 is 0 Å². The molecule has 0 aliphatic carbocycles. The summed E-state index contributed by atoms with van der Waals surface area (Å²) in [6, 6.07) is 15.3. The van der Waals surface area contributed by atoms with Gasteiger partial charge in [-0.1, -0.05) is 61.9 Å². The second-order valence-corrected chi connectivity index (χ2v) is 5.86. The Morgan fingerprint density at radius 1 is 0.957 bits per heavy atom. The van der Waals surface area contributed by atoms with E-state index in [1.165, 1.54) is 0 Å². The lowest BCUT2D eigenvalue weighted by atomic mass is 10.0. The van der Waals surface area contributed by atoms with Crippen LogP contribution in [-0.4, -0.2) is 11.8 Å². The number of nitrogens with one attached hydrogen (secondary N) is 2. The maximum atomic E-state index is 12.0. The minimum Gasteiger partial charge on any atom is -0.344 e. The van der Waals surface area contributed by atoms with Crippen molar-refractivity contribution in [3.05, 3.63) is 65.2 Å². The summed E-state index contributed by atoms with van der Waals surface area (Å²) in [5.41, 5.74) is 3.80. The van der Waals surface area contributed by atoms with Gasteiger partial charge in [-0.3, -0.25) is 9.59 Å². The second kappa shape index (κ2) is 7.58. The zero-order valence-corrected chi connectivity index (χ0v) is 13.7. The lowest BCUT2D eigenvalue weighted by Crippen LogP contribution is -2.35. The largest absolute Gasteiger partial charge is 0.344 e. The number of hydrogen-bond donors (Lipinski definition) is 2. The Kier molecular flexibility index (Phi) is 5.52. The van der Waals surface area contributed by atoms with Crippen LogP contribution in [0.2, 0.25) is 0 Å². The van der Waals surface area contributed by atoms with Gasteiger partial charge in [0, 0.05) is 12.2 Å². The van der Waals surface area contributed by atoms with Crippen LogP contribution in [0, 0.1) is 6.92 Å². The predicted octanol–water partition coefficient (Wildman–Crippen LogP) is 3.37. The van der Waals surface area contributed by atoms with E-state index in [-0.39, 0.29) is 5.92 Å². The third kappa shape index (κ3) is 4.68. The molecule has 0 saturated carbocycles. The van der Waals surface area contributed by atoms with E-state index in [0.29, 0.717) is 12.2 Å². The maximum Gasteiger partial charge on any atom is 0.313 e. The number of aryl methyl sites for hydroxylation is 1. The fraction of sp³-hybridized carbons (Fsp3) is 0.263. The quantitative estimate of drug-likeness (QED) is 0.851. The molecular weight excluding hydrogens is 288 g/mol. The number of para-hydroxylation sites is 1.